The standard InChI is InChI=1S/C19H25N5/c1-3-22-10-12-23(13-11-22)18-14-15(2)20-19(21-18)24-9-8-16-6-4-5-7-17(16)24/h4-7,14H,3,8-13H2,1-2H3. The molecule has 2 aliphatic rings. The van der Waals surface area contributed by atoms with Crippen molar-refractivity contribution in [1.29, 1.82) is 0 Å². The summed E-state index contributed by atoms with van der Waals surface area (Å²) in [5, 5.41) is 0. The van der Waals surface area contributed by atoms with Gasteiger partial charge >= 0.3 is 0 Å². The first-order chi connectivity index (χ1) is 11.7. The van der Waals surface area contributed by atoms with Crippen LogP contribution in [-0.2, 0) is 6.42 Å². The van der Waals surface area contributed by atoms with E-state index in [1.165, 1.54) is 11.3 Å². The molecular formula is C19H25N5. The zero-order valence-electron chi connectivity index (χ0n) is 14.6. The van der Waals surface area contributed by atoms with Crippen LogP contribution in [0.5, 0.6) is 0 Å². The highest BCUT2D eigenvalue weighted by Gasteiger charge is 2.24. The number of benzene rings is 1. The van der Waals surface area contributed by atoms with Gasteiger partial charge in [-0.05, 0) is 31.5 Å². The summed E-state index contributed by atoms with van der Waals surface area (Å²) in [5.41, 5.74) is 3.68. The van der Waals surface area contributed by atoms with Crippen LogP contribution in [0.2, 0.25) is 0 Å². The highest BCUT2D eigenvalue weighted by molar-refractivity contribution is 5.66. The Morgan fingerprint density at radius 1 is 1.00 bits per heavy atom. The number of anilines is 3. The molecule has 0 aliphatic carbocycles. The zero-order chi connectivity index (χ0) is 16.5. The Bertz CT molecular complexity index is 721. The molecule has 1 aromatic carbocycles. The molecule has 1 saturated heterocycles. The molecule has 0 spiro atoms. The van der Waals surface area contributed by atoms with Gasteiger partial charge in [0.1, 0.15) is 5.82 Å². The van der Waals surface area contributed by atoms with Crippen molar-refractivity contribution >= 4 is 17.5 Å². The fraction of sp³-hybridized carbons (Fsp3) is 0.474. The maximum absolute atomic E-state index is 4.91. The van der Waals surface area contributed by atoms with Gasteiger partial charge < -0.3 is 14.7 Å². The van der Waals surface area contributed by atoms with E-state index in [-0.39, 0.29) is 0 Å². The highest BCUT2D eigenvalue weighted by atomic mass is 15.3. The van der Waals surface area contributed by atoms with E-state index in [4.69, 9.17) is 9.97 Å². The van der Waals surface area contributed by atoms with Gasteiger partial charge in [-0.15, -0.1) is 0 Å². The van der Waals surface area contributed by atoms with Gasteiger partial charge in [-0.25, -0.2) is 4.98 Å². The van der Waals surface area contributed by atoms with Gasteiger partial charge in [-0.3, -0.25) is 0 Å². The smallest absolute Gasteiger partial charge is 0.232 e. The van der Waals surface area contributed by atoms with E-state index in [0.717, 1.165) is 63.1 Å². The molecule has 0 saturated carbocycles. The van der Waals surface area contributed by atoms with Crippen molar-refractivity contribution in [3.8, 4) is 0 Å². The lowest BCUT2D eigenvalue weighted by Crippen LogP contribution is -2.46. The summed E-state index contributed by atoms with van der Waals surface area (Å²) in [6.45, 7) is 10.7. The number of likely N-dealkylation sites (N-methyl/N-ethyl adjacent to an activating group) is 1. The van der Waals surface area contributed by atoms with E-state index in [1.807, 2.05) is 0 Å². The van der Waals surface area contributed by atoms with Crippen LogP contribution in [0.4, 0.5) is 17.5 Å². The molecule has 0 radical (unpaired) electrons. The van der Waals surface area contributed by atoms with E-state index in [2.05, 4.69) is 58.9 Å². The Morgan fingerprint density at radius 3 is 2.58 bits per heavy atom. The van der Waals surface area contributed by atoms with E-state index >= 15 is 0 Å². The van der Waals surface area contributed by atoms with Crippen molar-refractivity contribution in [2.45, 2.75) is 20.3 Å². The van der Waals surface area contributed by atoms with Gasteiger partial charge in [-0.2, -0.15) is 4.98 Å². The first-order valence-corrected chi connectivity index (χ1v) is 8.93. The summed E-state index contributed by atoms with van der Waals surface area (Å²) in [4.78, 5) is 16.8. The molecule has 1 aromatic heterocycles. The number of hydrogen-bond acceptors (Lipinski definition) is 5. The van der Waals surface area contributed by atoms with Crippen molar-refractivity contribution < 1.29 is 0 Å². The normalized spacial score (nSPS) is 18.1. The molecule has 0 unspecified atom stereocenters. The topological polar surface area (TPSA) is 35.5 Å². The summed E-state index contributed by atoms with van der Waals surface area (Å²) in [6.07, 6.45) is 1.07. The minimum Gasteiger partial charge on any atom is -0.354 e. The van der Waals surface area contributed by atoms with Gasteiger partial charge in [0.25, 0.3) is 0 Å². The Labute approximate surface area is 143 Å². The largest absolute Gasteiger partial charge is 0.354 e. The number of piperazine rings is 1. The summed E-state index contributed by atoms with van der Waals surface area (Å²) < 4.78 is 0. The minimum atomic E-state index is 0.841. The lowest BCUT2D eigenvalue weighted by atomic mass is 10.2. The van der Waals surface area contributed by atoms with Crippen LogP contribution in [0.25, 0.3) is 0 Å². The van der Waals surface area contributed by atoms with Crippen LogP contribution in [0.15, 0.2) is 30.3 Å². The molecular weight excluding hydrogens is 298 g/mol. The molecule has 0 bridgehead atoms. The maximum Gasteiger partial charge on any atom is 0.232 e. The van der Waals surface area contributed by atoms with E-state index in [9.17, 15) is 0 Å². The lowest BCUT2D eigenvalue weighted by molar-refractivity contribution is 0.270. The fourth-order valence-corrected chi connectivity index (χ4v) is 3.66. The number of fused-ring (bicyclic) bond motifs is 1. The van der Waals surface area contributed by atoms with Crippen molar-refractivity contribution in [3.05, 3.63) is 41.6 Å². The van der Waals surface area contributed by atoms with Gasteiger partial charge in [0, 0.05) is 50.2 Å². The summed E-state index contributed by atoms with van der Waals surface area (Å²) in [6, 6.07) is 10.7. The number of rotatable bonds is 3. The average molecular weight is 323 g/mol. The maximum atomic E-state index is 4.91. The Hall–Kier alpha value is -2.14. The van der Waals surface area contributed by atoms with Crippen LogP contribution in [0.3, 0.4) is 0 Å². The van der Waals surface area contributed by atoms with Crippen molar-refractivity contribution in [3.63, 3.8) is 0 Å². The second-order valence-corrected chi connectivity index (χ2v) is 6.62. The van der Waals surface area contributed by atoms with Gasteiger partial charge in [0.2, 0.25) is 5.95 Å². The second kappa shape index (κ2) is 6.40. The minimum absolute atomic E-state index is 0.841. The van der Waals surface area contributed by atoms with Crippen molar-refractivity contribution in [2.75, 3.05) is 49.1 Å². The molecule has 126 valence electrons. The molecule has 2 aliphatic heterocycles. The first-order valence-electron chi connectivity index (χ1n) is 8.93. The molecule has 0 amide bonds. The Morgan fingerprint density at radius 2 is 1.79 bits per heavy atom. The molecule has 5 heteroatoms. The molecule has 0 N–H and O–H groups in total. The quantitative estimate of drug-likeness (QED) is 0.868. The van der Waals surface area contributed by atoms with Gasteiger partial charge in [0.05, 0.1) is 0 Å². The third-order valence-corrected chi connectivity index (χ3v) is 5.10. The molecule has 2 aromatic rings. The monoisotopic (exact) mass is 323 g/mol. The molecule has 4 rings (SSSR count). The number of aryl methyl sites for hydroxylation is 1. The van der Waals surface area contributed by atoms with E-state index in [1.54, 1.807) is 0 Å². The Kier molecular flexibility index (Phi) is 4.10. The van der Waals surface area contributed by atoms with E-state index < -0.39 is 0 Å². The molecule has 5 nitrogen and oxygen atoms in total. The summed E-state index contributed by atoms with van der Waals surface area (Å²) in [5.74, 6) is 1.91. The van der Waals surface area contributed by atoms with Crippen LogP contribution < -0.4 is 9.80 Å². The number of aromatic nitrogens is 2. The molecule has 0 atom stereocenters. The third kappa shape index (κ3) is 2.84. The van der Waals surface area contributed by atoms with Crippen LogP contribution >= 0.6 is 0 Å². The predicted molar refractivity (Wildman–Crippen MR) is 98.2 cm³/mol. The Balaban J connectivity index is 1.61. The second-order valence-electron chi connectivity index (χ2n) is 6.62. The third-order valence-electron chi connectivity index (χ3n) is 5.10. The molecule has 24 heavy (non-hydrogen) atoms. The molecule has 1 fully saturated rings. The number of para-hydroxylation sites is 1. The highest BCUT2D eigenvalue weighted by Crippen LogP contribution is 2.33. The number of nitrogens with zero attached hydrogens (tertiary/aromatic N) is 5. The van der Waals surface area contributed by atoms with Crippen molar-refractivity contribution in [2.24, 2.45) is 0 Å². The first kappa shape index (κ1) is 15.4. The van der Waals surface area contributed by atoms with Crippen LogP contribution in [-0.4, -0.2) is 54.1 Å². The lowest BCUT2D eigenvalue weighted by Gasteiger charge is -2.35. The average Bonchev–Trinajstić information content (AvgIpc) is 3.05. The zero-order valence-corrected chi connectivity index (χ0v) is 14.6. The number of hydrogen-bond donors (Lipinski definition) is 0. The van der Waals surface area contributed by atoms with Crippen LogP contribution in [0, 0.1) is 6.92 Å². The SMILES string of the molecule is CCN1CCN(c2cc(C)nc(N3CCc4ccccc43)n2)CC1. The van der Waals surface area contributed by atoms with Crippen LogP contribution in [0.1, 0.15) is 18.2 Å². The fourth-order valence-electron chi connectivity index (χ4n) is 3.66. The summed E-state index contributed by atoms with van der Waals surface area (Å²) in [7, 11) is 0. The molecule has 3 heterocycles. The summed E-state index contributed by atoms with van der Waals surface area (Å²) >= 11 is 0. The predicted octanol–water partition coefficient (Wildman–Crippen LogP) is 2.62. The van der Waals surface area contributed by atoms with Gasteiger partial charge in [0.15, 0.2) is 0 Å². The van der Waals surface area contributed by atoms with Crippen molar-refractivity contribution in [1.82, 2.24) is 14.9 Å². The van der Waals surface area contributed by atoms with E-state index in [0.29, 0.717) is 0 Å². The van der Waals surface area contributed by atoms with Gasteiger partial charge in [-0.1, -0.05) is 25.1 Å².